The highest BCUT2D eigenvalue weighted by atomic mass is 15.0. The molecular formula is C16H24N2. The minimum Gasteiger partial charge on any atom is -0.351 e. The molecule has 98 valence electrons. The Balaban J connectivity index is 2.26. The highest BCUT2D eigenvalue weighted by molar-refractivity contribution is 5.80. The zero-order valence-electron chi connectivity index (χ0n) is 11.6. The van der Waals surface area contributed by atoms with Gasteiger partial charge in [0, 0.05) is 12.7 Å². The second kappa shape index (κ2) is 7.70. The van der Waals surface area contributed by atoms with E-state index in [-0.39, 0.29) is 0 Å². The summed E-state index contributed by atoms with van der Waals surface area (Å²) in [6, 6.07) is 0. The number of aliphatic imine (C=N–C) groups is 1. The molecule has 0 bridgehead atoms. The standard InChI is InChI=1S/C16H24N2/c1-5-6-13(2)14(3)9-11-17-15(4)18-12-10-16-7-8-16/h5-6,9,11,16H,1,3,7-8,10,12H2,2,4H3,(H,17,18)/b11-9-,13-6+. The van der Waals surface area contributed by atoms with Crippen molar-refractivity contribution in [2.45, 2.75) is 33.1 Å². The van der Waals surface area contributed by atoms with E-state index in [9.17, 15) is 0 Å². The van der Waals surface area contributed by atoms with E-state index in [2.05, 4.69) is 23.5 Å². The predicted octanol–water partition coefficient (Wildman–Crippen LogP) is 4.00. The predicted molar refractivity (Wildman–Crippen MR) is 80.7 cm³/mol. The number of hydrogen-bond donors (Lipinski definition) is 1. The molecule has 0 unspecified atom stereocenters. The van der Waals surface area contributed by atoms with E-state index < -0.39 is 0 Å². The monoisotopic (exact) mass is 244 g/mol. The van der Waals surface area contributed by atoms with Crippen molar-refractivity contribution in [1.29, 1.82) is 0 Å². The summed E-state index contributed by atoms with van der Waals surface area (Å²) in [5.74, 6) is 1.91. The lowest BCUT2D eigenvalue weighted by molar-refractivity contribution is 0.738. The van der Waals surface area contributed by atoms with Crippen LogP contribution in [0.15, 0.2) is 53.7 Å². The number of nitrogens with zero attached hydrogens (tertiary/aromatic N) is 1. The third-order valence-electron chi connectivity index (χ3n) is 3.03. The summed E-state index contributed by atoms with van der Waals surface area (Å²) in [5.41, 5.74) is 2.10. The van der Waals surface area contributed by atoms with Crippen LogP contribution in [0.1, 0.15) is 33.1 Å². The fourth-order valence-corrected chi connectivity index (χ4v) is 1.55. The molecule has 0 spiro atoms. The van der Waals surface area contributed by atoms with Crippen molar-refractivity contribution >= 4 is 5.84 Å². The van der Waals surface area contributed by atoms with Crippen LogP contribution in [0, 0.1) is 5.92 Å². The first-order chi connectivity index (χ1) is 8.63. The zero-order chi connectivity index (χ0) is 13.4. The maximum absolute atomic E-state index is 4.48. The van der Waals surface area contributed by atoms with E-state index in [0.29, 0.717) is 0 Å². The number of nitrogens with one attached hydrogen (secondary N) is 1. The molecule has 1 N–H and O–H groups in total. The number of allylic oxidation sites excluding steroid dienone is 5. The van der Waals surface area contributed by atoms with Crippen LogP contribution in [0.25, 0.3) is 0 Å². The molecule has 1 rings (SSSR count). The van der Waals surface area contributed by atoms with E-state index in [1.807, 2.05) is 32.2 Å². The van der Waals surface area contributed by atoms with E-state index >= 15 is 0 Å². The lowest BCUT2D eigenvalue weighted by atomic mass is 10.1. The van der Waals surface area contributed by atoms with Gasteiger partial charge in [0.25, 0.3) is 0 Å². The van der Waals surface area contributed by atoms with Crippen LogP contribution in [0.4, 0.5) is 0 Å². The lowest BCUT2D eigenvalue weighted by Crippen LogP contribution is -2.13. The molecule has 0 aromatic heterocycles. The first-order valence-electron chi connectivity index (χ1n) is 6.56. The van der Waals surface area contributed by atoms with E-state index in [4.69, 9.17) is 0 Å². The topological polar surface area (TPSA) is 24.4 Å². The van der Waals surface area contributed by atoms with E-state index in [1.165, 1.54) is 19.3 Å². The average Bonchev–Trinajstić information content (AvgIpc) is 3.13. The van der Waals surface area contributed by atoms with Gasteiger partial charge in [-0.1, -0.05) is 38.2 Å². The fourth-order valence-electron chi connectivity index (χ4n) is 1.55. The van der Waals surface area contributed by atoms with E-state index in [0.717, 1.165) is 29.4 Å². The Bertz CT molecular complexity index is 382. The third-order valence-corrected chi connectivity index (χ3v) is 3.03. The van der Waals surface area contributed by atoms with Gasteiger partial charge in [-0.2, -0.15) is 0 Å². The van der Waals surface area contributed by atoms with Crippen LogP contribution in [0.3, 0.4) is 0 Å². The van der Waals surface area contributed by atoms with Gasteiger partial charge < -0.3 is 5.32 Å². The summed E-state index contributed by atoms with van der Waals surface area (Å²) in [7, 11) is 0. The van der Waals surface area contributed by atoms with Crippen molar-refractivity contribution in [1.82, 2.24) is 5.32 Å². The average molecular weight is 244 g/mol. The van der Waals surface area contributed by atoms with Crippen LogP contribution in [0.5, 0.6) is 0 Å². The van der Waals surface area contributed by atoms with Gasteiger partial charge in [0.2, 0.25) is 0 Å². The molecule has 0 radical (unpaired) electrons. The number of rotatable bonds is 7. The Hall–Kier alpha value is -1.57. The molecule has 1 fully saturated rings. The highest BCUT2D eigenvalue weighted by Crippen LogP contribution is 2.32. The summed E-state index contributed by atoms with van der Waals surface area (Å²) < 4.78 is 0. The molecule has 0 heterocycles. The molecule has 2 nitrogen and oxygen atoms in total. The summed E-state index contributed by atoms with van der Waals surface area (Å²) >= 11 is 0. The fraction of sp³-hybridized carbons (Fsp3) is 0.438. The Morgan fingerprint density at radius 3 is 2.72 bits per heavy atom. The molecule has 18 heavy (non-hydrogen) atoms. The molecule has 0 atom stereocenters. The summed E-state index contributed by atoms with van der Waals surface area (Å²) in [6.07, 6.45) is 11.6. The number of hydrogen-bond acceptors (Lipinski definition) is 1. The molecule has 0 amide bonds. The van der Waals surface area contributed by atoms with Crippen molar-refractivity contribution in [2.75, 3.05) is 6.54 Å². The van der Waals surface area contributed by atoms with Crippen LogP contribution in [-0.4, -0.2) is 12.4 Å². The Kier molecular flexibility index (Phi) is 6.20. The van der Waals surface area contributed by atoms with Crippen molar-refractivity contribution in [2.24, 2.45) is 10.9 Å². The van der Waals surface area contributed by atoms with Crippen LogP contribution >= 0.6 is 0 Å². The zero-order valence-corrected chi connectivity index (χ0v) is 11.6. The normalized spacial score (nSPS) is 17.0. The van der Waals surface area contributed by atoms with Crippen LogP contribution < -0.4 is 5.32 Å². The van der Waals surface area contributed by atoms with Crippen molar-refractivity contribution < 1.29 is 0 Å². The largest absolute Gasteiger partial charge is 0.351 e. The second-order valence-corrected chi connectivity index (χ2v) is 4.79. The summed E-state index contributed by atoms with van der Waals surface area (Å²) in [4.78, 5) is 4.48. The van der Waals surface area contributed by atoms with Gasteiger partial charge >= 0.3 is 0 Å². The molecule has 1 aliphatic rings. The molecule has 0 aromatic carbocycles. The van der Waals surface area contributed by atoms with Gasteiger partial charge in [-0.3, -0.25) is 4.99 Å². The molecule has 0 aromatic rings. The quantitative estimate of drug-likeness (QED) is 0.408. The molecule has 1 saturated carbocycles. The smallest absolute Gasteiger partial charge is 0.0970 e. The maximum Gasteiger partial charge on any atom is 0.0970 e. The SMILES string of the molecule is C=C/C=C(\C)C(=C)/C=C\NC(C)=NCCC1CC1. The van der Waals surface area contributed by atoms with Gasteiger partial charge in [0.1, 0.15) is 0 Å². The van der Waals surface area contributed by atoms with Gasteiger partial charge in [0.05, 0.1) is 5.84 Å². The highest BCUT2D eigenvalue weighted by Gasteiger charge is 2.19. The summed E-state index contributed by atoms with van der Waals surface area (Å²) in [5, 5.41) is 3.16. The molecular weight excluding hydrogens is 220 g/mol. The third kappa shape index (κ3) is 6.24. The van der Waals surface area contributed by atoms with Gasteiger partial charge in [0.15, 0.2) is 0 Å². The summed E-state index contributed by atoms with van der Waals surface area (Å²) in [6.45, 7) is 12.6. The van der Waals surface area contributed by atoms with Gasteiger partial charge in [-0.15, -0.1) is 0 Å². The van der Waals surface area contributed by atoms with Crippen molar-refractivity contribution in [3.05, 3.63) is 48.7 Å². The van der Waals surface area contributed by atoms with Gasteiger partial charge in [-0.25, -0.2) is 0 Å². The Labute approximate surface area is 111 Å². The first kappa shape index (κ1) is 14.5. The van der Waals surface area contributed by atoms with Crippen LogP contribution in [-0.2, 0) is 0 Å². The molecule has 1 aliphatic carbocycles. The minimum absolute atomic E-state index is 0.938. The number of amidine groups is 1. The first-order valence-corrected chi connectivity index (χ1v) is 6.56. The Morgan fingerprint density at radius 2 is 2.11 bits per heavy atom. The molecule has 0 saturated heterocycles. The maximum atomic E-state index is 4.48. The van der Waals surface area contributed by atoms with E-state index in [1.54, 1.807) is 6.08 Å². The minimum atomic E-state index is 0.938. The van der Waals surface area contributed by atoms with Crippen molar-refractivity contribution in [3.63, 3.8) is 0 Å². The van der Waals surface area contributed by atoms with Crippen molar-refractivity contribution in [3.8, 4) is 0 Å². The lowest BCUT2D eigenvalue weighted by Gasteiger charge is -2.01. The molecule has 2 heteroatoms. The van der Waals surface area contributed by atoms with Gasteiger partial charge in [-0.05, 0) is 43.4 Å². The van der Waals surface area contributed by atoms with Crippen LogP contribution in [0.2, 0.25) is 0 Å². The second-order valence-electron chi connectivity index (χ2n) is 4.79. The molecule has 0 aliphatic heterocycles. The Morgan fingerprint density at radius 1 is 1.39 bits per heavy atom.